The predicted molar refractivity (Wildman–Crippen MR) is 146 cm³/mol. The normalized spacial score (nSPS) is 13.5. The van der Waals surface area contributed by atoms with Gasteiger partial charge in [-0.25, -0.2) is 14.6 Å². The van der Waals surface area contributed by atoms with E-state index in [4.69, 9.17) is 51.6 Å². The molecule has 3 aromatic carbocycles. The zero-order valence-electron chi connectivity index (χ0n) is 21.4. The SMILES string of the molecule is CCOc1cc(/C=C2/N=C(c3cc(OC)c(OC)c(OC)c3)OC2=O)ccc1OC(=O)c1ccc(Cl)cc1Cl. The van der Waals surface area contributed by atoms with Crippen molar-refractivity contribution in [3.8, 4) is 28.7 Å². The highest BCUT2D eigenvalue weighted by molar-refractivity contribution is 6.36. The van der Waals surface area contributed by atoms with Crippen molar-refractivity contribution in [3.05, 3.63) is 81.0 Å². The first-order chi connectivity index (χ1) is 18.8. The lowest BCUT2D eigenvalue weighted by atomic mass is 10.1. The van der Waals surface area contributed by atoms with Gasteiger partial charge in [-0.1, -0.05) is 29.3 Å². The number of nitrogens with zero attached hydrogens (tertiary/aromatic N) is 1. The molecule has 0 aliphatic carbocycles. The average molecular weight is 572 g/mol. The summed E-state index contributed by atoms with van der Waals surface area (Å²) in [7, 11) is 4.45. The highest BCUT2D eigenvalue weighted by atomic mass is 35.5. The molecule has 9 nitrogen and oxygen atoms in total. The number of carbonyl (C=O) groups excluding carboxylic acids is 2. The van der Waals surface area contributed by atoms with Gasteiger partial charge in [0.1, 0.15) is 0 Å². The van der Waals surface area contributed by atoms with Gasteiger partial charge in [-0.2, -0.15) is 0 Å². The molecule has 1 aliphatic heterocycles. The van der Waals surface area contributed by atoms with E-state index in [0.29, 0.717) is 40.0 Å². The van der Waals surface area contributed by atoms with Crippen LogP contribution in [0, 0.1) is 0 Å². The summed E-state index contributed by atoms with van der Waals surface area (Å²) in [4.78, 5) is 29.7. The fourth-order valence-corrected chi connectivity index (χ4v) is 4.16. The molecule has 0 saturated carbocycles. The number of carbonyl (C=O) groups is 2. The van der Waals surface area contributed by atoms with Gasteiger partial charge in [0.25, 0.3) is 0 Å². The second-order valence-corrected chi connectivity index (χ2v) is 8.75. The molecule has 4 rings (SSSR count). The van der Waals surface area contributed by atoms with Crippen molar-refractivity contribution >= 4 is 47.1 Å². The zero-order chi connectivity index (χ0) is 28.1. The second-order valence-electron chi connectivity index (χ2n) is 7.90. The molecule has 0 amide bonds. The van der Waals surface area contributed by atoms with E-state index >= 15 is 0 Å². The Morgan fingerprint density at radius 3 is 2.26 bits per heavy atom. The van der Waals surface area contributed by atoms with Gasteiger partial charge < -0.3 is 28.4 Å². The van der Waals surface area contributed by atoms with Crippen LogP contribution in [0.5, 0.6) is 28.7 Å². The van der Waals surface area contributed by atoms with Crippen LogP contribution in [0.4, 0.5) is 0 Å². The maximum absolute atomic E-state index is 12.7. The van der Waals surface area contributed by atoms with Crippen molar-refractivity contribution in [3.63, 3.8) is 0 Å². The van der Waals surface area contributed by atoms with Crippen LogP contribution < -0.4 is 23.7 Å². The summed E-state index contributed by atoms with van der Waals surface area (Å²) in [6.45, 7) is 2.09. The number of esters is 2. The maximum Gasteiger partial charge on any atom is 0.363 e. The van der Waals surface area contributed by atoms with Crippen LogP contribution in [-0.2, 0) is 9.53 Å². The maximum atomic E-state index is 12.7. The Morgan fingerprint density at radius 1 is 0.923 bits per heavy atom. The molecule has 0 saturated heterocycles. The van der Waals surface area contributed by atoms with Crippen LogP contribution in [0.25, 0.3) is 6.08 Å². The number of halogens is 2. The second kappa shape index (κ2) is 12.1. The molecule has 0 radical (unpaired) electrons. The molecule has 0 fully saturated rings. The third-order valence-corrected chi connectivity index (χ3v) is 6.00. The Balaban J connectivity index is 1.63. The third-order valence-electron chi connectivity index (χ3n) is 5.46. The predicted octanol–water partition coefficient (Wildman–Crippen LogP) is 5.98. The van der Waals surface area contributed by atoms with E-state index in [1.54, 1.807) is 37.3 Å². The van der Waals surface area contributed by atoms with Gasteiger partial charge in [-0.3, -0.25) is 0 Å². The Bertz CT molecular complexity index is 1470. The van der Waals surface area contributed by atoms with Gasteiger partial charge in [-0.05, 0) is 61.0 Å². The molecule has 0 N–H and O–H groups in total. The van der Waals surface area contributed by atoms with Crippen molar-refractivity contribution < 1.29 is 38.0 Å². The Kier molecular flexibility index (Phi) is 8.63. The molecule has 0 bridgehead atoms. The number of ether oxygens (including phenoxy) is 6. The van der Waals surface area contributed by atoms with Crippen LogP contribution in [-0.4, -0.2) is 45.8 Å². The summed E-state index contributed by atoms with van der Waals surface area (Å²) in [5.74, 6) is 0.361. The third kappa shape index (κ3) is 6.10. The molecule has 0 atom stereocenters. The molecule has 0 spiro atoms. The van der Waals surface area contributed by atoms with Crippen LogP contribution in [0.15, 0.2) is 59.2 Å². The minimum Gasteiger partial charge on any atom is -0.493 e. The number of cyclic esters (lactones) is 1. The van der Waals surface area contributed by atoms with E-state index in [9.17, 15) is 9.59 Å². The van der Waals surface area contributed by atoms with Crippen LogP contribution in [0.2, 0.25) is 10.0 Å². The molecule has 1 aliphatic rings. The van der Waals surface area contributed by atoms with Gasteiger partial charge >= 0.3 is 11.9 Å². The standard InChI is InChI=1S/C28H23Cl2NO8/c1-5-37-22-11-15(6-9-21(22)38-27(32)18-8-7-17(29)14-19(18)30)10-20-28(33)39-26(31-20)16-12-23(34-2)25(36-4)24(13-16)35-3/h6-14H,5H2,1-4H3/b20-10+. The molecule has 202 valence electrons. The fraction of sp³-hybridized carbons (Fsp3) is 0.179. The van der Waals surface area contributed by atoms with E-state index in [-0.39, 0.29) is 33.7 Å². The summed E-state index contributed by atoms with van der Waals surface area (Å²) >= 11 is 12.0. The Hall–Kier alpha value is -4.21. The van der Waals surface area contributed by atoms with E-state index < -0.39 is 11.9 Å². The Morgan fingerprint density at radius 2 is 1.64 bits per heavy atom. The lowest BCUT2D eigenvalue weighted by Crippen LogP contribution is -2.10. The van der Waals surface area contributed by atoms with Crippen molar-refractivity contribution in [2.24, 2.45) is 4.99 Å². The molecule has 0 aromatic heterocycles. The smallest absolute Gasteiger partial charge is 0.363 e. The highest BCUT2D eigenvalue weighted by Gasteiger charge is 2.27. The van der Waals surface area contributed by atoms with Gasteiger partial charge in [0.15, 0.2) is 28.7 Å². The Labute approximate surface area is 234 Å². The minimum absolute atomic E-state index is 0.0545. The lowest BCUT2D eigenvalue weighted by Gasteiger charge is -2.13. The lowest BCUT2D eigenvalue weighted by molar-refractivity contribution is -0.129. The number of hydrogen-bond acceptors (Lipinski definition) is 9. The number of benzene rings is 3. The van der Waals surface area contributed by atoms with E-state index in [0.717, 1.165) is 0 Å². The van der Waals surface area contributed by atoms with Crippen molar-refractivity contribution in [1.29, 1.82) is 0 Å². The molecular formula is C28H23Cl2NO8. The quantitative estimate of drug-likeness (QED) is 0.175. The van der Waals surface area contributed by atoms with E-state index in [2.05, 4.69) is 4.99 Å². The summed E-state index contributed by atoms with van der Waals surface area (Å²) in [6.07, 6.45) is 1.53. The van der Waals surface area contributed by atoms with Gasteiger partial charge in [-0.15, -0.1) is 0 Å². The van der Waals surface area contributed by atoms with Gasteiger partial charge in [0.2, 0.25) is 11.6 Å². The van der Waals surface area contributed by atoms with Crippen LogP contribution >= 0.6 is 23.2 Å². The molecule has 11 heteroatoms. The molecule has 3 aromatic rings. The monoisotopic (exact) mass is 571 g/mol. The van der Waals surface area contributed by atoms with E-state index in [1.807, 2.05) is 0 Å². The van der Waals surface area contributed by atoms with Gasteiger partial charge in [0.05, 0.1) is 38.5 Å². The number of rotatable bonds is 9. The fourth-order valence-electron chi connectivity index (χ4n) is 3.67. The first kappa shape index (κ1) is 27.8. The number of aliphatic imine (C=N–C) groups is 1. The highest BCUT2D eigenvalue weighted by Crippen LogP contribution is 2.39. The average Bonchev–Trinajstić information content (AvgIpc) is 3.29. The van der Waals surface area contributed by atoms with Crippen molar-refractivity contribution in [2.75, 3.05) is 27.9 Å². The summed E-state index contributed by atoms with van der Waals surface area (Å²) in [5, 5.41) is 0.554. The molecule has 0 unspecified atom stereocenters. The van der Waals surface area contributed by atoms with Crippen molar-refractivity contribution in [2.45, 2.75) is 6.92 Å². The van der Waals surface area contributed by atoms with Crippen LogP contribution in [0.1, 0.15) is 28.4 Å². The molecule has 39 heavy (non-hydrogen) atoms. The van der Waals surface area contributed by atoms with E-state index in [1.165, 1.54) is 45.6 Å². The van der Waals surface area contributed by atoms with Crippen molar-refractivity contribution in [1.82, 2.24) is 0 Å². The molecular weight excluding hydrogens is 549 g/mol. The largest absolute Gasteiger partial charge is 0.493 e. The molecule has 1 heterocycles. The summed E-state index contributed by atoms with van der Waals surface area (Å²) in [5.41, 5.74) is 1.22. The van der Waals surface area contributed by atoms with Gasteiger partial charge in [0, 0.05) is 10.6 Å². The van der Waals surface area contributed by atoms with Crippen LogP contribution in [0.3, 0.4) is 0 Å². The number of hydrogen-bond donors (Lipinski definition) is 0. The first-order valence-corrected chi connectivity index (χ1v) is 12.3. The zero-order valence-corrected chi connectivity index (χ0v) is 22.9. The summed E-state index contributed by atoms with van der Waals surface area (Å²) < 4.78 is 32.6. The topological polar surface area (TPSA) is 102 Å². The summed E-state index contributed by atoms with van der Waals surface area (Å²) in [6, 6.07) is 12.5. The minimum atomic E-state index is -0.678. The number of methoxy groups -OCH3 is 3. The first-order valence-electron chi connectivity index (χ1n) is 11.5.